The summed E-state index contributed by atoms with van der Waals surface area (Å²) in [6, 6.07) is 6.44. The van der Waals surface area contributed by atoms with Crippen LogP contribution in [0.4, 0.5) is 5.82 Å². The van der Waals surface area contributed by atoms with Crippen molar-refractivity contribution in [2.45, 2.75) is 0 Å². The first-order valence-electron chi connectivity index (χ1n) is 5.57. The third-order valence-electron chi connectivity index (χ3n) is 2.67. The summed E-state index contributed by atoms with van der Waals surface area (Å²) < 4.78 is 0. The zero-order valence-electron chi connectivity index (χ0n) is 10.4. The van der Waals surface area contributed by atoms with Crippen LogP contribution in [0.15, 0.2) is 24.3 Å². The van der Waals surface area contributed by atoms with Crippen LogP contribution in [0.1, 0.15) is 10.5 Å². The molecule has 0 fully saturated rings. The molecule has 0 aliphatic carbocycles. The molecule has 1 amide bonds. The molecule has 4 nitrogen and oxygen atoms in total. The lowest BCUT2D eigenvalue weighted by Crippen LogP contribution is -2.14. The van der Waals surface area contributed by atoms with Gasteiger partial charge in [0.05, 0.1) is 10.0 Å². The van der Waals surface area contributed by atoms with Gasteiger partial charge in [-0.2, -0.15) is 0 Å². The summed E-state index contributed by atoms with van der Waals surface area (Å²) >= 11 is 18.2. The second kappa shape index (κ2) is 5.87. The first-order chi connectivity index (χ1) is 9.43. The molecule has 0 spiro atoms. The van der Waals surface area contributed by atoms with E-state index in [-0.39, 0.29) is 5.69 Å². The summed E-state index contributed by atoms with van der Waals surface area (Å²) in [7, 11) is 1.68. The molecular weight excluding hydrogens is 321 g/mol. The van der Waals surface area contributed by atoms with Crippen LogP contribution in [0, 0.1) is 0 Å². The molecule has 0 saturated carbocycles. The first kappa shape index (κ1) is 14.9. The Bertz CT molecular complexity index is 689. The lowest BCUT2D eigenvalue weighted by molar-refractivity contribution is 0.0996. The maximum Gasteiger partial charge on any atom is 0.267 e. The van der Waals surface area contributed by atoms with Crippen molar-refractivity contribution in [2.24, 2.45) is 5.73 Å². The summed E-state index contributed by atoms with van der Waals surface area (Å²) in [4.78, 5) is 15.3. The minimum absolute atomic E-state index is 0.155. The van der Waals surface area contributed by atoms with Gasteiger partial charge < -0.3 is 11.1 Å². The van der Waals surface area contributed by atoms with Crippen LogP contribution >= 0.6 is 34.8 Å². The van der Waals surface area contributed by atoms with E-state index in [1.54, 1.807) is 25.2 Å². The van der Waals surface area contributed by atoms with Gasteiger partial charge in [0, 0.05) is 23.2 Å². The van der Waals surface area contributed by atoms with Gasteiger partial charge in [-0.25, -0.2) is 4.98 Å². The average molecular weight is 331 g/mol. The highest BCUT2D eigenvalue weighted by molar-refractivity contribution is 6.45. The van der Waals surface area contributed by atoms with Crippen molar-refractivity contribution < 1.29 is 4.79 Å². The van der Waals surface area contributed by atoms with Crippen LogP contribution in [0.25, 0.3) is 11.1 Å². The Morgan fingerprint density at radius 1 is 1.20 bits per heavy atom. The van der Waals surface area contributed by atoms with Crippen molar-refractivity contribution in [3.8, 4) is 11.1 Å². The smallest absolute Gasteiger partial charge is 0.267 e. The fourth-order valence-electron chi connectivity index (χ4n) is 1.76. The maximum atomic E-state index is 11.2. The summed E-state index contributed by atoms with van der Waals surface area (Å²) in [5, 5.41) is 4.05. The van der Waals surface area contributed by atoms with Crippen molar-refractivity contribution in [2.75, 3.05) is 12.4 Å². The largest absolute Gasteiger partial charge is 0.373 e. The molecule has 3 N–H and O–H groups in total. The van der Waals surface area contributed by atoms with E-state index in [1.165, 1.54) is 6.07 Å². The molecule has 0 bridgehead atoms. The van der Waals surface area contributed by atoms with Crippen LogP contribution in [0.5, 0.6) is 0 Å². The van der Waals surface area contributed by atoms with Crippen molar-refractivity contribution in [3.63, 3.8) is 0 Å². The second-order valence-corrected chi connectivity index (χ2v) is 5.18. The van der Waals surface area contributed by atoms with E-state index in [0.29, 0.717) is 32.0 Å². The Morgan fingerprint density at radius 3 is 2.50 bits per heavy atom. The van der Waals surface area contributed by atoms with Crippen molar-refractivity contribution in [1.82, 2.24) is 4.98 Å². The molecular formula is C13H10Cl3N3O. The van der Waals surface area contributed by atoms with E-state index >= 15 is 0 Å². The van der Waals surface area contributed by atoms with E-state index in [1.807, 2.05) is 0 Å². The molecule has 20 heavy (non-hydrogen) atoms. The molecule has 1 aromatic heterocycles. The number of carbonyl (C=O) groups excluding carboxylic acids is 1. The Hall–Kier alpha value is -1.49. The van der Waals surface area contributed by atoms with Crippen LogP contribution in [-0.4, -0.2) is 17.9 Å². The minimum atomic E-state index is -0.608. The number of aromatic nitrogens is 1. The van der Waals surface area contributed by atoms with E-state index in [4.69, 9.17) is 40.5 Å². The average Bonchev–Trinajstić information content (AvgIpc) is 2.42. The topological polar surface area (TPSA) is 68.0 Å². The fourth-order valence-corrected chi connectivity index (χ4v) is 2.46. The predicted octanol–water partition coefficient (Wildman–Crippen LogP) is 3.85. The third kappa shape index (κ3) is 2.82. The van der Waals surface area contributed by atoms with E-state index in [2.05, 4.69) is 10.3 Å². The fraction of sp³-hybridized carbons (Fsp3) is 0.0769. The highest BCUT2D eigenvalue weighted by Gasteiger charge is 2.15. The number of primary amides is 1. The molecule has 104 valence electrons. The standard InChI is InChI=1S/C13H10Cl3N3O/c1-18-13-7(2-3-10(19-13)12(17)20)8-4-6(14)5-9(15)11(8)16/h2-5H,1H3,(H2,17,20)(H,18,19). The lowest BCUT2D eigenvalue weighted by Gasteiger charge is -2.12. The lowest BCUT2D eigenvalue weighted by atomic mass is 10.1. The van der Waals surface area contributed by atoms with Crippen LogP contribution in [0.2, 0.25) is 15.1 Å². The summed E-state index contributed by atoms with van der Waals surface area (Å²) in [5.41, 5.74) is 6.66. The van der Waals surface area contributed by atoms with Crippen LogP contribution < -0.4 is 11.1 Å². The molecule has 0 unspecified atom stereocenters. The van der Waals surface area contributed by atoms with Crippen molar-refractivity contribution in [3.05, 3.63) is 45.0 Å². The van der Waals surface area contributed by atoms with Gasteiger partial charge in [0.1, 0.15) is 11.5 Å². The van der Waals surface area contributed by atoms with Crippen LogP contribution in [-0.2, 0) is 0 Å². The van der Waals surface area contributed by atoms with Crippen molar-refractivity contribution >= 4 is 46.5 Å². The molecule has 2 aromatic rings. The minimum Gasteiger partial charge on any atom is -0.373 e. The number of pyridine rings is 1. The highest BCUT2D eigenvalue weighted by Crippen LogP contribution is 2.38. The molecule has 1 aromatic carbocycles. The number of nitrogens with zero attached hydrogens (tertiary/aromatic N) is 1. The molecule has 0 saturated heterocycles. The number of nitrogens with two attached hydrogens (primary N) is 1. The SMILES string of the molecule is CNc1nc(C(N)=O)ccc1-c1cc(Cl)cc(Cl)c1Cl. The monoisotopic (exact) mass is 329 g/mol. The van der Waals surface area contributed by atoms with Gasteiger partial charge >= 0.3 is 0 Å². The molecule has 0 aliphatic rings. The number of amides is 1. The predicted molar refractivity (Wildman–Crippen MR) is 82.8 cm³/mol. The molecule has 0 atom stereocenters. The molecule has 2 rings (SSSR count). The zero-order valence-corrected chi connectivity index (χ0v) is 12.6. The summed E-state index contributed by atoms with van der Waals surface area (Å²) in [6.45, 7) is 0. The third-order valence-corrected chi connectivity index (χ3v) is 3.69. The van der Waals surface area contributed by atoms with Gasteiger partial charge in [-0.05, 0) is 24.3 Å². The van der Waals surface area contributed by atoms with E-state index < -0.39 is 5.91 Å². The van der Waals surface area contributed by atoms with E-state index in [0.717, 1.165) is 0 Å². The zero-order chi connectivity index (χ0) is 14.9. The number of rotatable bonds is 3. The van der Waals surface area contributed by atoms with Gasteiger partial charge in [0.25, 0.3) is 5.91 Å². The van der Waals surface area contributed by atoms with Crippen molar-refractivity contribution in [1.29, 1.82) is 0 Å². The second-order valence-electron chi connectivity index (χ2n) is 3.96. The summed E-state index contributed by atoms with van der Waals surface area (Å²) in [6.07, 6.45) is 0. The Morgan fingerprint density at radius 2 is 1.90 bits per heavy atom. The number of hydrogen-bond acceptors (Lipinski definition) is 3. The Labute approximate surface area is 130 Å². The normalized spacial score (nSPS) is 10.4. The number of anilines is 1. The van der Waals surface area contributed by atoms with Gasteiger partial charge in [-0.1, -0.05) is 34.8 Å². The maximum absolute atomic E-state index is 11.2. The van der Waals surface area contributed by atoms with Gasteiger partial charge in [-0.3, -0.25) is 4.79 Å². The number of benzene rings is 1. The number of nitrogens with one attached hydrogen (secondary N) is 1. The summed E-state index contributed by atoms with van der Waals surface area (Å²) in [5.74, 6) is -0.148. The van der Waals surface area contributed by atoms with E-state index in [9.17, 15) is 4.79 Å². The number of halogens is 3. The number of carbonyl (C=O) groups is 1. The molecule has 1 heterocycles. The van der Waals surface area contributed by atoms with Crippen LogP contribution in [0.3, 0.4) is 0 Å². The first-order valence-corrected chi connectivity index (χ1v) is 6.71. The highest BCUT2D eigenvalue weighted by atomic mass is 35.5. The number of hydrogen-bond donors (Lipinski definition) is 2. The van der Waals surface area contributed by atoms with Gasteiger partial charge in [0.2, 0.25) is 0 Å². The van der Waals surface area contributed by atoms with Gasteiger partial charge in [0.15, 0.2) is 0 Å². The molecule has 7 heteroatoms. The Balaban J connectivity index is 2.67. The molecule has 0 aliphatic heterocycles. The quantitative estimate of drug-likeness (QED) is 0.840. The molecule has 0 radical (unpaired) electrons. The Kier molecular flexibility index (Phi) is 4.38. The van der Waals surface area contributed by atoms with Gasteiger partial charge in [-0.15, -0.1) is 0 Å².